The fourth-order valence-electron chi connectivity index (χ4n) is 2.32. The zero-order valence-electron chi connectivity index (χ0n) is 6.31. The molecular formula is C9H12O. The van der Waals surface area contributed by atoms with E-state index in [1.807, 2.05) is 0 Å². The normalized spacial score (nSPS) is 45.1. The summed E-state index contributed by atoms with van der Waals surface area (Å²) in [6.45, 7) is 5.89. The van der Waals surface area contributed by atoms with Gasteiger partial charge in [-0.25, -0.2) is 0 Å². The van der Waals surface area contributed by atoms with Crippen LogP contribution in [-0.2, 0) is 4.79 Å². The van der Waals surface area contributed by atoms with Gasteiger partial charge in [0.25, 0.3) is 0 Å². The molecule has 2 aliphatic carbocycles. The van der Waals surface area contributed by atoms with E-state index in [-0.39, 0.29) is 5.41 Å². The van der Waals surface area contributed by atoms with Gasteiger partial charge in [0.2, 0.25) is 0 Å². The van der Waals surface area contributed by atoms with Crippen molar-refractivity contribution in [2.45, 2.75) is 26.2 Å². The standard InChI is InChI=1S/C9H12O/c1-6-7-3-4-9(2,5-7)8(6)10/h7H,1,3-5H2,2H3. The zero-order chi connectivity index (χ0) is 7.35. The molecule has 0 radical (unpaired) electrons. The second-order valence-corrected chi connectivity index (χ2v) is 3.85. The minimum Gasteiger partial charge on any atom is -0.294 e. The summed E-state index contributed by atoms with van der Waals surface area (Å²) in [5.74, 6) is 0.876. The quantitative estimate of drug-likeness (QED) is 0.465. The molecule has 2 atom stereocenters. The van der Waals surface area contributed by atoms with E-state index in [0.717, 1.165) is 18.4 Å². The Morgan fingerprint density at radius 2 is 2.40 bits per heavy atom. The van der Waals surface area contributed by atoms with Crippen LogP contribution in [0.4, 0.5) is 0 Å². The van der Waals surface area contributed by atoms with E-state index in [4.69, 9.17) is 0 Å². The molecule has 0 aromatic heterocycles. The first-order valence-electron chi connectivity index (χ1n) is 3.87. The van der Waals surface area contributed by atoms with Gasteiger partial charge in [0.05, 0.1) is 0 Å². The molecule has 2 unspecified atom stereocenters. The van der Waals surface area contributed by atoms with Gasteiger partial charge in [-0.3, -0.25) is 4.79 Å². The maximum Gasteiger partial charge on any atom is 0.164 e. The lowest BCUT2D eigenvalue weighted by molar-refractivity contribution is -0.122. The molecule has 0 aromatic rings. The predicted molar refractivity (Wildman–Crippen MR) is 39.6 cm³/mol. The second kappa shape index (κ2) is 1.52. The molecule has 2 saturated carbocycles. The summed E-state index contributed by atoms with van der Waals surface area (Å²) >= 11 is 0. The van der Waals surface area contributed by atoms with Crippen molar-refractivity contribution < 1.29 is 4.79 Å². The summed E-state index contributed by atoms with van der Waals surface area (Å²) in [5.41, 5.74) is 0.899. The molecule has 0 aromatic carbocycles. The third-order valence-corrected chi connectivity index (χ3v) is 3.07. The highest BCUT2D eigenvalue weighted by molar-refractivity contribution is 6.02. The molecule has 2 bridgehead atoms. The van der Waals surface area contributed by atoms with Crippen LogP contribution in [0.1, 0.15) is 26.2 Å². The first-order valence-corrected chi connectivity index (χ1v) is 3.87. The molecule has 0 heterocycles. The minimum absolute atomic E-state index is 0.00174. The second-order valence-electron chi connectivity index (χ2n) is 3.85. The average Bonchev–Trinajstić information content (AvgIpc) is 2.35. The lowest BCUT2D eigenvalue weighted by Crippen LogP contribution is -2.22. The van der Waals surface area contributed by atoms with Gasteiger partial charge >= 0.3 is 0 Å². The Balaban J connectivity index is 2.43. The van der Waals surface area contributed by atoms with Crippen molar-refractivity contribution in [1.82, 2.24) is 0 Å². The van der Waals surface area contributed by atoms with Crippen LogP contribution in [0.15, 0.2) is 12.2 Å². The number of Topliss-reactive ketones (excluding diaryl/α,β-unsaturated/α-hetero) is 1. The van der Waals surface area contributed by atoms with Crippen LogP contribution < -0.4 is 0 Å². The predicted octanol–water partition coefficient (Wildman–Crippen LogP) is 1.93. The molecule has 0 amide bonds. The van der Waals surface area contributed by atoms with Crippen LogP contribution in [0.3, 0.4) is 0 Å². The van der Waals surface area contributed by atoms with Crippen LogP contribution in [0.25, 0.3) is 0 Å². The van der Waals surface area contributed by atoms with Gasteiger partial charge < -0.3 is 0 Å². The minimum atomic E-state index is 0.00174. The van der Waals surface area contributed by atoms with E-state index in [1.165, 1.54) is 6.42 Å². The molecule has 0 saturated heterocycles. The van der Waals surface area contributed by atoms with Crippen LogP contribution in [-0.4, -0.2) is 5.78 Å². The maximum absolute atomic E-state index is 11.4. The molecule has 0 N–H and O–H groups in total. The molecule has 0 aliphatic heterocycles. The Morgan fingerprint density at radius 3 is 2.70 bits per heavy atom. The summed E-state index contributed by atoms with van der Waals surface area (Å²) in [6.07, 6.45) is 3.36. The highest BCUT2D eigenvalue weighted by Gasteiger charge is 2.50. The molecule has 54 valence electrons. The number of carbonyl (C=O) groups excluding carboxylic acids is 1. The Morgan fingerprint density at radius 1 is 1.70 bits per heavy atom. The summed E-state index contributed by atoms with van der Waals surface area (Å²) in [7, 11) is 0. The number of rotatable bonds is 0. The highest BCUT2D eigenvalue weighted by atomic mass is 16.1. The molecule has 10 heavy (non-hydrogen) atoms. The van der Waals surface area contributed by atoms with Crippen molar-refractivity contribution in [2.75, 3.05) is 0 Å². The van der Waals surface area contributed by atoms with E-state index in [9.17, 15) is 4.79 Å². The number of fused-ring (bicyclic) bond motifs is 2. The van der Waals surface area contributed by atoms with Crippen LogP contribution in [0, 0.1) is 11.3 Å². The van der Waals surface area contributed by atoms with Gasteiger partial charge in [0, 0.05) is 5.41 Å². The van der Waals surface area contributed by atoms with E-state index in [2.05, 4.69) is 13.5 Å². The topological polar surface area (TPSA) is 17.1 Å². The van der Waals surface area contributed by atoms with E-state index in [1.54, 1.807) is 0 Å². The van der Waals surface area contributed by atoms with Crippen LogP contribution >= 0.6 is 0 Å². The summed E-state index contributed by atoms with van der Waals surface area (Å²) in [6, 6.07) is 0. The van der Waals surface area contributed by atoms with Gasteiger partial charge in [-0.1, -0.05) is 13.5 Å². The third kappa shape index (κ3) is 0.511. The first kappa shape index (κ1) is 6.14. The summed E-state index contributed by atoms with van der Waals surface area (Å²) < 4.78 is 0. The smallest absolute Gasteiger partial charge is 0.164 e. The summed E-state index contributed by atoms with van der Waals surface area (Å²) in [4.78, 5) is 11.4. The lowest BCUT2D eigenvalue weighted by atomic mass is 9.84. The van der Waals surface area contributed by atoms with Gasteiger partial charge in [0.1, 0.15) is 0 Å². The Bertz CT molecular complexity index is 217. The largest absolute Gasteiger partial charge is 0.294 e. The SMILES string of the molecule is C=C1C(=O)C2(C)CCC1C2. The zero-order valence-corrected chi connectivity index (χ0v) is 6.31. The van der Waals surface area contributed by atoms with Crippen LogP contribution in [0.2, 0.25) is 0 Å². The van der Waals surface area contributed by atoms with E-state index >= 15 is 0 Å². The van der Waals surface area contributed by atoms with Crippen molar-refractivity contribution in [1.29, 1.82) is 0 Å². The molecule has 1 heteroatoms. The lowest BCUT2D eigenvalue weighted by Gasteiger charge is -2.18. The van der Waals surface area contributed by atoms with E-state index < -0.39 is 0 Å². The van der Waals surface area contributed by atoms with Crippen molar-refractivity contribution in [3.8, 4) is 0 Å². The number of allylic oxidation sites excluding steroid dienone is 1. The molecule has 1 nitrogen and oxygen atoms in total. The van der Waals surface area contributed by atoms with Crippen molar-refractivity contribution in [2.24, 2.45) is 11.3 Å². The van der Waals surface area contributed by atoms with Gasteiger partial charge in [-0.2, -0.15) is 0 Å². The van der Waals surface area contributed by atoms with Crippen molar-refractivity contribution in [3.63, 3.8) is 0 Å². The number of hydrogen-bond donors (Lipinski definition) is 0. The van der Waals surface area contributed by atoms with Gasteiger partial charge in [-0.05, 0) is 30.8 Å². The third-order valence-electron chi connectivity index (χ3n) is 3.07. The molecule has 2 aliphatic rings. The highest BCUT2D eigenvalue weighted by Crippen LogP contribution is 2.53. The molecule has 2 rings (SSSR count). The number of carbonyl (C=O) groups is 1. The molecule has 0 spiro atoms. The Labute approximate surface area is 61.1 Å². The maximum atomic E-state index is 11.4. The molecular weight excluding hydrogens is 124 g/mol. The van der Waals surface area contributed by atoms with Gasteiger partial charge in [-0.15, -0.1) is 0 Å². The Kier molecular flexibility index (Phi) is 0.936. The first-order chi connectivity index (χ1) is 4.63. The number of hydrogen-bond acceptors (Lipinski definition) is 1. The molecule has 2 fully saturated rings. The van der Waals surface area contributed by atoms with E-state index in [0.29, 0.717) is 11.7 Å². The van der Waals surface area contributed by atoms with Gasteiger partial charge in [0.15, 0.2) is 5.78 Å². The number of ketones is 1. The van der Waals surface area contributed by atoms with Crippen molar-refractivity contribution >= 4 is 5.78 Å². The monoisotopic (exact) mass is 136 g/mol. The fourth-order valence-corrected chi connectivity index (χ4v) is 2.32. The average molecular weight is 136 g/mol. The summed E-state index contributed by atoms with van der Waals surface area (Å²) in [5, 5.41) is 0. The van der Waals surface area contributed by atoms with Crippen molar-refractivity contribution in [3.05, 3.63) is 12.2 Å². The Hall–Kier alpha value is -0.590. The van der Waals surface area contributed by atoms with Crippen LogP contribution in [0.5, 0.6) is 0 Å². The fraction of sp³-hybridized carbons (Fsp3) is 0.667.